The van der Waals surface area contributed by atoms with E-state index in [4.69, 9.17) is 0 Å². The van der Waals surface area contributed by atoms with Crippen LogP contribution >= 0.6 is 0 Å². The van der Waals surface area contributed by atoms with E-state index >= 15 is 0 Å². The van der Waals surface area contributed by atoms with Crippen LogP contribution in [0.25, 0.3) is 0 Å². The molecule has 1 saturated heterocycles. The van der Waals surface area contributed by atoms with Gasteiger partial charge in [-0.2, -0.15) is 0 Å². The molecule has 0 spiro atoms. The first-order valence-electron chi connectivity index (χ1n) is 7.54. The van der Waals surface area contributed by atoms with Crippen LogP contribution in [0.1, 0.15) is 30.9 Å². The van der Waals surface area contributed by atoms with Gasteiger partial charge >= 0.3 is 0 Å². The summed E-state index contributed by atoms with van der Waals surface area (Å²) in [7, 11) is 0. The Morgan fingerprint density at radius 2 is 2.10 bits per heavy atom. The number of non-ortho nitro benzene ring substituents is 1. The summed E-state index contributed by atoms with van der Waals surface area (Å²) in [5.74, 6) is 0.313. The fourth-order valence-electron chi connectivity index (χ4n) is 3.04. The van der Waals surface area contributed by atoms with Crippen LogP contribution in [0.15, 0.2) is 18.2 Å². The first-order valence-corrected chi connectivity index (χ1v) is 7.54. The molecule has 2 aliphatic rings. The Labute approximate surface area is 123 Å². The van der Waals surface area contributed by atoms with Crippen LogP contribution in [-0.4, -0.2) is 36.0 Å². The standard InChI is InChI=1S/C15H20FN3O2/c16-14-4-3-12(19(20)21)10-13(14)15(9-11-1-2-11)18-7-5-17-6-8-18/h3-4,10-11,15,17H,1-2,5-9H2/t15-/m0/s1. The van der Waals surface area contributed by atoms with Gasteiger partial charge in [0.15, 0.2) is 0 Å². The van der Waals surface area contributed by atoms with Gasteiger partial charge < -0.3 is 5.32 Å². The number of nitrogens with zero attached hydrogens (tertiary/aromatic N) is 2. The second kappa shape index (κ2) is 6.07. The van der Waals surface area contributed by atoms with Crippen molar-refractivity contribution in [3.05, 3.63) is 39.7 Å². The maximum absolute atomic E-state index is 14.2. The van der Waals surface area contributed by atoms with Gasteiger partial charge in [0.2, 0.25) is 0 Å². The highest BCUT2D eigenvalue weighted by Crippen LogP contribution is 2.41. The molecule has 1 aliphatic carbocycles. The zero-order valence-corrected chi connectivity index (χ0v) is 11.9. The van der Waals surface area contributed by atoms with Crippen molar-refractivity contribution >= 4 is 5.69 Å². The van der Waals surface area contributed by atoms with Crippen molar-refractivity contribution in [2.75, 3.05) is 26.2 Å². The van der Waals surface area contributed by atoms with Crippen LogP contribution in [0.4, 0.5) is 10.1 Å². The molecule has 2 fully saturated rings. The lowest BCUT2D eigenvalue weighted by Crippen LogP contribution is -2.45. The molecule has 1 aromatic rings. The Balaban J connectivity index is 1.90. The summed E-state index contributed by atoms with van der Waals surface area (Å²) in [6.07, 6.45) is 3.29. The summed E-state index contributed by atoms with van der Waals surface area (Å²) >= 11 is 0. The van der Waals surface area contributed by atoms with E-state index in [0.29, 0.717) is 11.5 Å². The molecule has 114 valence electrons. The van der Waals surface area contributed by atoms with Gasteiger partial charge in [0.1, 0.15) is 5.82 Å². The summed E-state index contributed by atoms with van der Waals surface area (Å²) in [5.41, 5.74) is 0.459. The highest BCUT2D eigenvalue weighted by Gasteiger charge is 2.32. The van der Waals surface area contributed by atoms with Crippen molar-refractivity contribution in [2.24, 2.45) is 5.92 Å². The molecule has 0 amide bonds. The van der Waals surface area contributed by atoms with Gasteiger partial charge in [-0.05, 0) is 18.4 Å². The lowest BCUT2D eigenvalue weighted by molar-refractivity contribution is -0.385. The lowest BCUT2D eigenvalue weighted by atomic mass is 9.97. The third-order valence-electron chi connectivity index (χ3n) is 4.40. The van der Waals surface area contributed by atoms with E-state index in [2.05, 4.69) is 10.2 Å². The lowest BCUT2D eigenvalue weighted by Gasteiger charge is -2.35. The first-order chi connectivity index (χ1) is 10.1. The molecule has 0 radical (unpaired) electrons. The molecule has 1 heterocycles. The fraction of sp³-hybridized carbons (Fsp3) is 0.600. The predicted octanol–water partition coefficient (Wildman–Crippen LogP) is 2.48. The number of piperazine rings is 1. The molecule has 1 aromatic carbocycles. The number of nitrogens with one attached hydrogen (secondary N) is 1. The van der Waals surface area contributed by atoms with Crippen molar-refractivity contribution in [3.63, 3.8) is 0 Å². The number of nitro benzene ring substituents is 1. The topological polar surface area (TPSA) is 58.4 Å². The second-order valence-electron chi connectivity index (χ2n) is 5.94. The molecule has 0 aromatic heterocycles. The second-order valence-corrected chi connectivity index (χ2v) is 5.94. The zero-order chi connectivity index (χ0) is 14.8. The summed E-state index contributed by atoms with van der Waals surface area (Å²) in [6.45, 7) is 3.49. The maximum Gasteiger partial charge on any atom is 0.269 e. The highest BCUT2D eigenvalue weighted by molar-refractivity contribution is 5.37. The summed E-state index contributed by atoms with van der Waals surface area (Å²) in [6, 6.07) is 3.85. The summed E-state index contributed by atoms with van der Waals surface area (Å²) in [4.78, 5) is 12.8. The first kappa shape index (κ1) is 14.4. The van der Waals surface area contributed by atoms with E-state index in [1.165, 1.54) is 31.0 Å². The van der Waals surface area contributed by atoms with Gasteiger partial charge in [0.05, 0.1) is 4.92 Å². The molecule has 1 N–H and O–H groups in total. The van der Waals surface area contributed by atoms with Gasteiger partial charge in [-0.25, -0.2) is 4.39 Å². The minimum atomic E-state index is -0.450. The monoisotopic (exact) mass is 293 g/mol. The van der Waals surface area contributed by atoms with E-state index in [0.717, 1.165) is 32.6 Å². The molecule has 6 heteroatoms. The number of rotatable bonds is 5. The van der Waals surface area contributed by atoms with Crippen molar-refractivity contribution in [1.29, 1.82) is 0 Å². The Hall–Kier alpha value is -1.53. The number of hydrogen-bond acceptors (Lipinski definition) is 4. The molecule has 0 unspecified atom stereocenters. The highest BCUT2D eigenvalue weighted by atomic mass is 19.1. The molecule has 3 rings (SSSR count). The van der Waals surface area contributed by atoms with Gasteiger partial charge in [0.25, 0.3) is 5.69 Å². The van der Waals surface area contributed by atoms with Crippen LogP contribution in [0.5, 0.6) is 0 Å². The SMILES string of the molecule is O=[N+]([O-])c1ccc(F)c([C@H](CC2CC2)N2CCNCC2)c1. The molecule has 21 heavy (non-hydrogen) atoms. The summed E-state index contributed by atoms with van der Waals surface area (Å²) in [5, 5.41) is 14.2. The van der Waals surface area contributed by atoms with Gasteiger partial charge in [0, 0.05) is 49.9 Å². The fourth-order valence-corrected chi connectivity index (χ4v) is 3.04. The normalized spacial score (nSPS) is 21.2. The Kier molecular flexibility index (Phi) is 4.17. The minimum absolute atomic E-state index is 0.0256. The quantitative estimate of drug-likeness (QED) is 0.669. The Morgan fingerprint density at radius 1 is 1.38 bits per heavy atom. The number of nitro groups is 1. The third kappa shape index (κ3) is 3.39. The van der Waals surface area contributed by atoms with Crippen LogP contribution in [0, 0.1) is 21.8 Å². The van der Waals surface area contributed by atoms with Gasteiger partial charge in [-0.3, -0.25) is 15.0 Å². The summed E-state index contributed by atoms with van der Waals surface area (Å²) < 4.78 is 14.2. The number of halogens is 1. The van der Waals surface area contributed by atoms with E-state index in [-0.39, 0.29) is 17.5 Å². The van der Waals surface area contributed by atoms with E-state index < -0.39 is 4.92 Å². The molecule has 0 bridgehead atoms. The van der Waals surface area contributed by atoms with Crippen LogP contribution in [0.2, 0.25) is 0 Å². The van der Waals surface area contributed by atoms with E-state index in [1.807, 2.05) is 0 Å². The van der Waals surface area contributed by atoms with Crippen LogP contribution < -0.4 is 5.32 Å². The Morgan fingerprint density at radius 3 is 2.71 bits per heavy atom. The van der Waals surface area contributed by atoms with E-state index in [9.17, 15) is 14.5 Å². The molecular formula is C15H20FN3O2. The number of hydrogen-bond donors (Lipinski definition) is 1. The minimum Gasteiger partial charge on any atom is -0.314 e. The third-order valence-corrected chi connectivity index (χ3v) is 4.40. The van der Waals surface area contributed by atoms with Crippen molar-refractivity contribution < 1.29 is 9.31 Å². The maximum atomic E-state index is 14.2. The molecule has 5 nitrogen and oxygen atoms in total. The van der Waals surface area contributed by atoms with Crippen LogP contribution in [-0.2, 0) is 0 Å². The molecule has 1 atom stereocenters. The van der Waals surface area contributed by atoms with Crippen molar-refractivity contribution in [2.45, 2.75) is 25.3 Å². The van der Waals surface area contributed by atoms with Crippen molar-refractivity contribution in [3.8, 4) is 0 Å². The average Bonchev–Trinajstić information content (AvgIpc) is 3.30. The van der Waals surface area contributed by atoms with Gasteiger partial charge in [-0.1, -0.05) is 12.8 Å². The molecule has 1 saturated carbocycles. The van der Waals surface area contributed by atoms with Crippen molar-refractivity contribution in [1.82, 2.24) is 10.2 Å². The average molecular weight is 293 g/mol. The molecular weight excluding hydrogens is 273 g/mol. The number of benzene rings is 1. The smallest absolute Gasteiger partial charge is 0.269 e. The largest absolute Gasteiger partial charge is 0.314 e. The van der Waals surface area contributed by atoms with E-state index in [1.54, 1.807) is 0 Å². The zero-order valence-electron chi connectivity index (χ0n) is 11.9. The predicted molar refractivity (Wildman–Crippen MR) is 77.6 cm³/mol. The Bertz CT molecular complexity index is 528. The molecule has 1 aliphatic heterocycles. The van der Waals surface area contributed by atoms with Crippen LogP contribution in [0.3, 0.4) is 0 Å². The van der Waals surface area contributed by atoms with Gasteiger partial charge in [-0.15, -0.1) is 0 Å².